The fraction of sp³-hybridized carbons (Fsp3) is 0.538. The first-order chi connectivity index (χ1) is 8.66. The number of aliphatic carboxylic acids is 1. The quantitative estimate of drug-likeness (QED) is 0.831. The van der Waals surface area contributed by atoms with E-state index in [0.717, 1.165) is 18.7 Å². The molecule has 0 spiro atoms. The van der Waals surface area contributed by atoms with Gasteiger partial charge >= 0.3 is 5.97 Å². The third-order valence-corrected chi connectivity index (χ3v) is 3.46. The lowest BCUT2D eigenvalue weighted by Gasteiger charge is -2.31. The molecule has 1 unspecified atom stereocenters. The first-order valence-electron chi connectivity index (χ1n) is 6.20. The summed E-state index contributed by atoms with van der Waals surface area (Å²) in [6.07, 6.45) is 4.12. The van der Waals surface area contributed by atoms with Gasteiger partial charge in [0, 0.05) is 18.9 Å². The molecule has 0 aromatic carbocycles. The van der Waals surface area contributed by atoms with Gasteiger partial charge in [0.05, 0.1) is 12.0 Å². The number of rotatable bonds is 4. The fourth-order valence-corrected chi connectivity index (χ4v) is 2.30. The smallest absolute Gasteiger partial charge is 0.306 e. The lowest BCUT2D eigenvalue weighted by molar-refractivity contribution is -0.143. The fourth-order valence-electron chi connectivity index (χ4n) is 2.30. The molecule has 1 atom stereocenters. The predicted octanol–water partition coefficient (Wildman–Crippen LogP) is 0.912. The van der Waals surface area contributed by atoms with Gasteiger partial charge in [-0.2, -0.15) is 0 Å². The second-order valence-corrected chi connectivity index (χ2v) is 4.71. The molecule has 1 aliphatic rings. The molecule has 1 fully saturated rings. The first-order valence-corrected chi connectivity index (χ1v) is 6.20. The van der Waals surface area contributed by atoms with E-state index in [2.05, 4.69) is 9.88 Å². The van der Waals surface area contributed by atoms with Gasteiger partial charge in [-0.25, -0.2) is 0 Å². The standard InChI is InChI=1S/C13H18N2O3/c16-12(10-1-5-14-6-2-10)9-15-7-3-11(4-8-15)13(17)18/h1-2,5-6,11-12,16H,3-4,7-9H2,(H,17,18). The van der Waals surface area contributed by atoms with Crippen molar-refractivity contribution >= 4 is 5.97 Å². The van der Waals surface area contributed by atoms with Crippen LogP contribution in [0.4, 0.5) is 0 Å². The van der Waals surface area contributed by atoms with E-state index in [1.807, 2.05) is 0 Å². The second-order valence-electron chi connectivity index (χ2n) is 4.71. The Labute approximate surface area is 106 Å². The van der Waals surface area contributed by atoms with E-state index in [9.17, 15) is 9.90 Å². The normalized spacial score (nSPS) is 19.6. The molecule has 98 valence electrons. The average Bonchev–Trinajstić information content (AvgIpc) is 2.40. The van der Waals surface area contributed by atoms with Gasteiger partial charge in [0.25, 0.3) is 0 Å². The number of carboxylic acid groups (broad SMARTS) is 1. The zero-order valence-corrected chi connectivity index (χ0v) is 10.2. The zero-order chi connectivity index (χ0) is 13.0. The zero-order valence-electron chi connectivity index (χ0n) is 10.2. The number of nitrogens with zero attached hydrogens (tertiary/aromatic N) is 2. The molecule has 0 bridgehead atoms. The number of pyridine rings is 1. The van der Waals surface area contributed by atoms with Gasteiger partial charge in [-0.05, 0) is 43.6 Å². The van der Waals surface area contributed by atoms with Crippen molar-refractivity contribution in [2.75, 3.05) is 19.6 Å². The van der Waals surface area contributed by atoms with Crippen molar-refractivity contribution in [3.8, 4) is 0 Å². The van der Waals surface area contributed by atoms with Crippen molar-refractivity contribution in [1.29, 1.82) is 0 Å². The Bertz CT molecular complexity index is 388. The van der Waals surface area contributed by atoms with Crippen LogP contribution in [0.2, 0.25) is 0 Å². The number of hydrogen-bond donors (Lipinski definition) is 2. The topological polar surface area (TPSA) is 73.7 Å². The van der Waals surface area contributed by atoms with Crippen molar-refractivity contribution in [3.63, 3.8) is 0 Å². The molecule has 0 radical (unpaired) electrons. The summed E-state index contributed by atoms with van der Waals surface area (Å²) in [5, 5.41) is 19.0. The Hall–Kier alpha value is -1.46. The summed E-state index contributed by atoms with van der Waals surface area (Å²) in [6.45, 7) is 2.02. The molecule has 0 saturated carbocycles. The van der Waals surface area contributed by atoms with Crippen molar-refractivity contribution in [2.24, 2.45) is 5.92 Å². The SMILES string of the molecule is O=C(O)C1CCN(CC(O)c2ccncc2)CC1. The third-order valence-electron chi connectivity index (χ3n) is 3.46. The molecule has 0 amide bonds. The minimum atomic E-state index is -0.704. The number of likely N-dealkylation sites (tertiary alicyclic amines) is 1. The highest BCUT2D eigenvalue weighted by Crippen LogP contribution is 2.20. The largest absolute Gasteiger partial charge is 0.481 e. The van der Waals surface area contributed by atoms with E-state index in [0.29, 0.717) is 19.4 Å². The summed E-state index contributed by atoms with van der Waals surface area (Å²) < 4.78 is 0. The van der Waals surface area contributed by atoms with Gasteiger partial charge in [-0.1, -0.05) is 0 Å². The second kappa shape index (κ2) is 5.93. The van der Waals surface area contributed by atoms with Gasteiger partial charge in [0.1, 0.15) is 0 Å². The summed E-state index contributed by atoms with van der Waals surface area (Å²) in [5.41, 5.74) is 0.852. The lowest BCUT2D eigenvalue weighted by Crippen LogP contribution is -2.38. The number of carbonyl (C=O) groups is 1. The Balaban J connectivity index is 1.83. The molecule has 1 saturated heterocycles. The Kier molecular flexibility index (Phi) is 4.28. The van der Waals surface area contributed by atoms with Crippen LogP contribution >= 0.6 is 0 Å². The van der Waals surface area contributed by atoms with E-state index in [-0.39, 0.29) is 5.92 Å². The molecular formula is C13H18N2O3. The Morgan fingerprint density at radius 3 is 2.56 bits per heavy atom. The summed E-state index contributed by atoms with van der Waals surface area (Å²) in [5.74, 6) is -0.927. The summed E-state index contributed by atoms with van der Waals surface area (Å²) in [6, 6.07) is 3.60. The van der Waals surface area contributed by atoms with Crippen LogP contribution < -0.4 is 0 Å². The van der Waals surface area contributed by atoms with Crippen LogP contribution in [0.25, 0.3) is 0 Å². The number of hydrogen-bond acceptors (Lipinski definition) is 4. The van der Waals surface area contributed by atoms with E-state index in [1.165, 1.54) is 0 Å². The monoisotopic (exact) mass is 250 g/mol. The lowest BCUT2D eigenvalue weighted by atomic mass is 9.96. The number of β-amino-alcohol motifs (C(OH)–C–C–N with tert-alkyl or cyclic N) is 1. The maximum Gasteiger partial charge on any atom is 0.306 e. The van der Waals surface area contributed by atoms with Gasteiger partial charge in [0.15, 0.2) is 0 Å². The molecule has 2 N–H and O–H groups in total. The van der Waals surface area contributed by atoms with Crippen molar-refractivity contribution in [1.82, 2.24) is 9.88 Å². The van der Waals surface area contributed by atoms with Gasteiger partial charge in [0.2, 0.25) is 0 Å². The van der Waals surface area contributed by atoms with E-state index in [1.54, 1.807) is 24.5 Å². The molecule has 5 nitrogen and oxygen atoms in total. The summed E-state index contributed by atoms with van der Waals surface area (Å²) in [4.78, 5) is 16.9. The Morgan fingerprint density at radius 2 is 2.00 bits per heavy atom. The van der Waals surface area contributed by atoms with Crippen molar-refractivity contribution in [3.05, 3.63) is 30.1 Å². The molecule has 2 rings (SSSR count). The number of piperidine rings is 1. The maximum atomic E-state index is 10.8. The van der Waals surface area contributed by atoms with Gasteiger partial charge in [-0.15, -0.1) is 0 Å². The molecule has 1 aliphatic heterocycles. The molecule has 5 heteroatoms. The molecule has 1 aromatic heterocycles. The van der Waals surface area contributed by atoms with Crippen molar-refractivity contribution in [2.45, 2.75) is 18.9 Å². The van der Waals surface area contributed by atoms with Crippen LogP contribution in [0.1, 0.15) is 24.5 Å². The van der Waals surface area contributed by atoms with Crippen LogP contribution in [-0.2, 0) is 4.79 Å². The number of aliphatic hydroxyl groups is 1. The van der Waals surface area contributed by atoms with Crippen LogP contribution in [0.15, 0.2) is 24.5 Å². The summed E-state index contributed by atoms with van der Waals surface area (Å²) >= 11 is 0. The molecule has 0 aliphatic carbocycles. The number of aliphatic hydroxyl groups excluding tert-OH is 1. The van der Waals surface area contributed by atoms with Crippen LogP contribution in [-0.4, -0.2) is 45.7 Å². The van der Waals surface area contributed by atoms with Crippen molar-refractivity contribution < 1.29 is 15.0 Å². The highest BCUT2D eigenvalue weighted by Gasteiger charge is 2.25. The highest BCUT2D eigenvalue weighted by molar-refractivity contribution is 5.70. The van der Waals surface area contributed by atoms with Crippen LogP contribution in [0, 0.1) is 5.92 Å². The Morgan fingerprint density at radius 1 is 1.39 bits per heavy atom. The number of aromatic nitrogens is 1. The molecule has 18 heavy (non-hydrogen) atoms. The minimum absolute atomic E-state index is 0.223. The van der Waals surface area contributed by atoms with Gasteiger partial charge in [-0.3, -0.25) is 9.78 Å². The predicted molar refractivity (Wildman–Crippen MR) is 66.0 cm³/mol. The average molecular weight is 250 g/mol. The molecule has 2 heterocycles. The number of carboxylic acids is 1. The molecule has 1 aromatic rings. The minimum Gasteiger partial charge on any atom is -0.481 e. The van der Waals surface area contributed by atoms with E-state index in [4.69, 9.17) is 5.11 Å². The van der Waals surface area contributed by atoms with Gasteiger partial charge < -0.3 is 15.1 Å². The summed E-state index contributed by atoms with van der Waals surface area (Å²) in [7, 11) is 0. The first kappa shape index (κ1) is 13.0. The van der Waals surface area contributed by atoms with E-state index >= 15 is 0 Å². The maximum absolute atomic E-state index is 10.8. The van der Waals surface area contributed by atoms with Crippen LogP contribution in [0.3, 0.4) is 0 Å². The third kappa shape index (κ3) is 3.27. The van der Waals surface area contributed by atoms with Crippen LogP contribution in [0.5, 0.6) is 0 Å². The highest BCUT2D eigenvalue weighted by atomic mass is 16.4. The molecular weight excluding hydrogens is 232 g/mol. The van der Waals surface area contributed by atoms with E-state index < -0.39 is 12.1 Å².